The monoisotopic (exact) mass is 1150 g/mol. The van der Waals surface area contributed by atoms with Crippen molar-refractivity contribution in [3.8, 4) is 44.5 Å². The van der Waals surface area contributed by atoms with Crippen molar-refractivity contribution in [3.05, 3.63) is 197 Å². The Morgan fingerprint density at radius 2 is 0.468 bits per heavy atom. The molecule has 376 valence electrons. The van der Waals surface area contributed by atoms with Crippen molar-refractivity contribution in [1.82, 2.24) is 19.9 Å². The summed E-state index contributed by atoms with van der Waals surface area (Å²) in [5, 5.41) is 2.05. The predicted molar refractivity (Wildman–Crippen MR) is 335 cm³/mol. The average molecular weight is 1150 g/mol. The molecule has 7 heteroatoms. The fourth-order valence-electron chi connectivity index (χ4n) is 13.0. The summed E-state index contributed by atoms with van der Waals surface area (Å²) in [6.07, 6.45) is 18.0. The van der Waals surface area contributed by atoms with Crippen LogP contribution in [0.25, 0.3) is 130 Å². The molecule has 0 unspecified atom stereocenters. The van der Waals surface area contributed by atoms with Crippen molar-refractivity contribution in [3.63, 3.8) is 0 Å². The van der Waals surface area contributed by atoms with E-state index in [0.29, 0.717) is 0 Å². The van der Waals surface area contributed by atoms with Crippen molar-refractivity contribution < 1.29 is 0 Å². The molecular formula is C70H58N4SSe2. The normalized spacial score (nSPS) is 12.7. The van der Waals surface area contributed by atoms with E-state index in [9.17, 15) is 0 Å². The molecule has 0 amide bonds. The van der Waals surface area contributed by atoms with Gasteiger partial charge in [-0.15, -0.1) is 0 Å². The van der Waals surface area contributed by atoms with Crippen molar-refractivity contribution >= 4 is 126 Å². The number of benzene rings is 4. The number of hydrogen-bond donors (Lipinski definition) is 0. The van der Waals surface area contributed by atoms with E-state index >= 15 is 0 Å². The molecule has 0 atom stereocenters. The van der Waals surface area contributed by atoms with Crippen LogP contribution in [0.3, 0.4) is 0 Å². The SMILES string of the molecule is Cc1cc(C)c(-c2c3nc(c4c5nc(c(-c6c(C)cc(C)cc6C)c6ccc([se]6)c(-c6c(C)cc(C)cc6C)c6nc(c(c7nc(c(-c8c(C)cc(C)cc8C)c8ccc2[se]8)C=C7)c2ccc4s2)C=C6)C=C5)C=C3)c(C)c1. The first kappa shape index (κ1) is 49.5. The number of aromatic nitrogens is 4. The molecule has 77 heavy (non-hydrogen) atoms. The molecule has 13 rings (SSSR count). The van der Waals surface area contributed by atoms with Crippen LogP contribution in [-0.4, -0.2) is 48.9 Å². The fourth-order valence-corrected chi connectivity index (χ4v) is 18.8. The van der Waals surface area contributed by atoms with E-state index in [0.717, 1.165) is 65.7 Å². The van der Waals surface area contributed by atoms with Crippen LogP contribution in [0.15, 0.2) is 84.9 Å². The second-order valence-corrected chi connectivity index (χ2v) is 27.3. The zero-order valence-electron chi connectivity index (χ0n) is 45.7. The van der Waals surface area contributed by atoms with E-state index in [1.54, 1.807) is 11.3 Å². The summed E-state index contributed by atoms with van der Waals surface area (Å²) >= 11 is 1.59. The molecule has 0 saturated heterocycles. The summed E-state index contributed by atoms with van der Waals surface area (Å²) in [6, 6.07) is 32.7. The quantitative estimate of drug-likeness (QED) is 0.165. The summed E-state index contributed by atoms with van der Waals surface area (Å²) in [5.74, 6) is 0. The van der Waals surface area contributed by atoms with Crippen LogP contribution in [0, 0.1) is 83.1 Å². The van der Waals surface area contributed by atoms with Crippen LogP contribution in [0.5, 0.6) is 0 Å². The molecule has 0 radical (unpaired) electrons. The average Bonchev–Trinajstić information content (AvgIpc) is 4.23. The zero-order chi connectivity index (χ0) is 53.3. The fraction of sp³-hybridized carbons (Fsp3) is 0.171. The third-order valence-corrected chi connectivity index (χ3v) is 21.4. The minimum atomic E-state index is -0.0916. The van der Waals surface area contributed by atoms with Crippen LogP contribution < -0.4 is 0 Å². The third kappa shape index (κ3) is 8.38. The topological polar surface area (TPSA) is 51.6 Å². The van der Waals surface area contributed by atoms with E-state index < -0.39 is 0 Å². The Bertz CT molecular complexity index is 3940. The second kappa shape index (κ2) is 18.8. The molecule has 9 heterocycles. The first-order valence-corrected chi connectivity index (χ1v) is 30.7. The molecule has 4 aromatic carbocycles. The first-order valence-electron chi connectivity index (χ1n) is 26.5. The van der Waals surface area contributed by atoms with Crippen LogP contribution >= 0.6 is 11.3 Å². The van der Waals surface area contributed by atoms with Gasteiger partial charge in [-0.2, -0.15) is 0 Å². The number of fused-ring (bicyclic) bond motifs is 16. The van der Waals surface area contributed by atoms with Crippen molar-refractivity contribution in [2.24, 2.45) is 0 Å². The molecule has 0 aliphatic carbocycles. The zero-order valence-corrected chi connectivity index (χ0v) is 50.0. The summed E-state index contributed by atoms with van der Waals surface area (Å²) < 4.78 is 7.42. The first-order chi connectivity index (χ1) is 37.1. The van der Waals surface area contributed by atoms with E-state index in [1.165, 1.54) is 128 Å². The van der Waals surface area contributed by atoms with Gasteiger partial charge in [0.25, 0.3) is 0 Å². The Morgan fingerprint density at radius 1 is 0.260 bits per heavy atom. The van der Waals surface area contributed by atoms with Crippen molar-refractivity contribution in [2.75, 3.05) is 0 Å². The van der Waals surface area contributed by atoms with Crippen LogP contribution in [0.1, 0.15) is 112 Å². The molecule has 4 nitrogen and oxygen atoms in total. The third-order valence-electron chi connectivity index (χ3n) is 15.6. The van der Waals surface area contributed by atoms with Crippen LogP contribution in [0.2, 0.25) is 0 Å². The standard InChI is InChI=1S/C70H58N4SSe2/c1-35-27-39(5)61(40(6)28-35)67-51-17-13-47(71-51)65-48-14-19-53(72-48)69(63-43(9)31-37(3)32-44(63)10)59-25-26-60(77-59)70(64-45(11)33-38(4)34-46(64)12)54-20-16-50(74-54)66(56-22-21-55(65)75-56)49-15-18-52(73-49)68(58-24-23-57(67)76-58)62-41(7)29-36(2)30-42(62)8/h13-34H,1-12H3. The minimum absolute atomic E-state index is 0.0916. The maximum atomic E-state index is 5.78. The predicted octanol–water partition coefficient (Wildman–Crippen LogP) is 18.3. The van der Waals surface area contributed by atoms with Crippen molar-refractivity contribution in [1.29, 1.82) is 0 Å². The van der Waals surface area contributed by atoms with Crippen LogP contribution in [0.4, 0.5) is 0 Å². The Kier molecular flexibility index (Phi) is 12.1. The number of aryl methyl sites for hydroxylation is 12. The van der Waals surface area contributed by atoms with Gasteiger partial charge in [0.1, 0.15) is 0 Å². The summed E-state index contributed by atoms with van der Waals surface area (Å²) in [5.41, 5.74) is 32.5. The molecule has 4 aliphatic heterocycles. The Morgan fingerprint density at radius 3 is 0.688 bits per heavy atom. The number of nitrogens with zero attached hydrogens (tertiary/aromatic N) is 4. The van der Waals surface area contributed by atoms with Gasteiger partial charge in [0.15, 0.2) is 0 Å². The Balaban J connectivity index is 1.28. The molecule has 0 saturated carbocycles. The summed E-state index contributed by atoms with van der Waals surface area (Å²) in [7, 11) is 0. The summed E-state index contributed by atoms with van der Waals surface area (Å²) in [4.78, 5) is 23.1. The molecule has 4 aliphatic rings. The molecule has 0 spiro atoms. The molecule has 9 aromatic rings. The van der Waals surface area contributed by atoms with Gasteiger partial charge in [-0.05, 0) is 0 Å². The molecule has 0 fully saturated rings. The van der Waals surface area contributed by atoms with E-state index in [1.807, 2.05) is 0 Å². The molecule has 5 aromatic heterocycles. The molecule has 16 bridgehead atoms. The van der Waals surface area contributed by atoms with Crippen LogP contribution in [-0.2, 0) is 0 Å². The van der Waals surface area contributed by atoms with E-state index in [4.69, 9.17) is 19.9 Å². The Hall–Kier alpha value is -7.08. The van der Waals surface area contributed by atoms with Gasteiger partial charge < -0.3 is 0 Å². The Labute approximate surface area is 467 Å². The van der Waals surface area contributed by atoms with Gasteiger partial charge >= 0.3 is 471 Å². The van der Waals surface area contributed by atoms with Gasteiger partial charge in [-0.3, -0.25) is 0 Å². The van der Waals surface area contributed by atoms with E-state index in [2.05, 4.69) is 217 Å². The van der Waals surface area contributed by atoms with Gasteiger partial charge in [0, 0.05) is 0 Å². The van der Waals surface area contributed by atoms with Gasteiger partial charge in [-0.1, -0.05) is 0 Å². The van der Waals surface area contributed by atoms with Gasteiger partial charge in [0.05, 0.1) is 0 Å². The van der Waals surface area contributed by atoms with Crippen molar-refractivity contribution in [2.45, 2.75) is 83.1 Å². The van der Waals surface area contributed by atoms with E-state index in [-0.39, 0.29) is 29.0 Å². The number of hydrogen-bond acceptors (Lipinski definition) is 5. The second-order valence-electron chi connectivity index (χ2n) is 21.7. The van der Waals surface area contributed by atoms with Gasteiger partial charge in [-0.25, -0.2) is 0 Å². The number of thiophene rings is 1. The maximum absolute atomic E-state index is 5.78. The molecular weight excluding hydrogens is 1090 g/mol. The van der Waals surface area contributed by atoms with Gasteiger partial charge in [0.2, 0.25) is 0 Å². The summed E-state index contributed by atoms with van der Waals surface area (Å²) in [6.45, 7) is 26.9. The molecule has 0 N–H and O–H groups in total. The number of rotatable bonds is 4.